The van der Waals surface area contributed by atoms with Crippen LogP contribution in [0.1, 0.15) is 40.2 Å². The first kappa shape index (κ1) is 27.1. The number of nitrogens with one attached hydrogen (secondary N) is 2. The van der Waals surface area contributed by atoms with Crippen molar-refractivity contribution in [1.29, 1.82) is 0 Å². The summed E-state index contributed by atoms with van der Waals surface area (Å²) >= 11 is 0. The topological polar surface area (TPSA) is 130 Å². The quantitative estimate of drug-likeness (QED) is 0.360. The molecule has 10 nitrogen and oxygen atoms in total. The lowest BCUT2D eigenvalue weighted by atomic mass is 10.1. The standard InChI is InChI=1S/C24H36N6O4/c1-17(2)27-28-22-10-11-23(30-29-22)34-16-24(4,5)26-14-20(32)15-33-21-9-7-6-8-19(21)12-13-25-18(3)31/h6-11,17,20,26,32H,12-16H2,1-5H3,(H,25,31). The van der Waals surface area contributed by atoms with Crippen molar-refractivity contribution >= 4 is 11.7 Å². The first-order chi connectivity index (χ1) is 16.1. The number of aromatic nitrogens is 2. The van der Waals surface area contributed by atoms with Gasteiger partial charge < -0.3 is 25.2 Å². The minimum absolute atomic E-state index is 0.0661. The van der Waals surface area contributed by atoms with Crippen LogP contribution in [0, 0.1) is 0 Å². The maximum atomic E-state index is 11.1. The van der Waals surface area contributed by atoms with Gasteiger partial charge in [0.25, 0.3) is 0 Å². The molecule has 1 aromatic carbocycles. The Labute approximate surface area is 201 Å². The van der Waals surface area contributed by atoms with Crippen LogP contribution in [0.25, 0.3) is 0 Å². The van der Waals surface area contributed by atoms with E-state index >= 15 is 0 Å². The maximum absolute atomic E-state index is 11.1. The van der Waals surface area contributed by atoms with Crippen LogP contribution in [0.5, 0.6) is 11.6 Å². The molecule has 0 spiro atoms. The van der Waals surface area contributed by atoms with Crippen LogP contribution in [0.4, 0.5) is 5.82 Å². The second-order valence-corrected chi connectivity index (χ2v) is 8.90. The summed E-state index contributed by atoms with van der Waals surface area (Å²) in [5, 5.41) is 32.5. The number of rotatable bonds is 14. The second kappa shape index (κ2) is 13.6. The molecule has 1 amide bonds. The van der Waals surface area contributed by atoms with E-state index in [1.807, 2.05) is 52.0 Å². The fourth-order valence-electron chi connectivity index (χ4n) is 2.79. The Morgan fingerprint density at radius 2 is 1.91 bits per heavy atom. The summed E-state index contributed by atoms with van der Waals surface area (Å²) < 4.78 is 11.6. The van der Waals surface area contributed by atoms with E-state index in [0.29, 0.717) is 43.6 Å². The predicted octanol–water partition coefficient (Wildman–Crippen LogP) is 2.83. The van der Waals surface area contributed by atoms with Crippen LogP contribution in [0.3, 0.4) is 0 Å². The van der Waals surface area contributed by atoms with E-state index < -0.39 is 11.6 Å². The average molecular weight is 473 g/mol. The number of para-hydroxylation sites is 1. The number of benzene rings is 1. The maximum Gasteiger partial charge on any atom is 0.233 e. The Morgan fingerprint density at radius 1 is 1.15 bits per heavy atom. The van der Waals surface area contributed by atoms with Gasteiger partial charge in [-0.15, -0.1) is 15.3 Å². The summed E-state index contributed by atoms with van der Waals surface area (Å²) in [5.41, 5.74) is 0.553. The monoisotopic (exact) mass is 472 g/mol. The predicted molar refractivity (Wildman–Crippen MR) is 130 cm³/mol. The second-order valence-electron chi connectivity index (χ2n) is 8.90. The molecular weight excluding hydrogens is 436 g/mol. The Bertz CT molecular complexity index is 918. The zero-order valence-corrected chi connectivity index (χ0v) is 20.6. The normalized spacial score (nSPS) is 12.7. The molecule has 10 heteroatoms. The largest absolute Gasteiger partial charge is 0.491 e. The summed E-state index contributed by atoms with van der Waals surface area (Å²) in [6.45, 7) is 10.6. The van der Waals surface area contributed by atoms with Crippen LogP contribution in [0.15, 0.2) is 46.6 Å². The molecule has 0 saturated carbocycles. The molecule has 0 saturated heterocycles. The van der Waals surface area contributed by atoms with Crippen molar-refractivity contribution in [2.75, 3.05) is 26.3 Å². The molecule has 0 fully saturated rings. The summed E-state index contributed by atoms with van der Waals surface area (Å²) in [6.07, 6.45) is -0.0630. The number of nitrogens with zero attached hydrogens (tertiary/aromatic N) is 4. The number of amides is 1. The van der Waals surface area contributed by atoms with Crippen LogP contribution in [0.2, 0.25) is 0 Å². The molecule has 1 unspecified atom stereocenters. The van der Waals surface area contributed by atoms with Crippen LogP contribution in [-0.4, -0.2) is 65.2 Å². The Hall–Kier alpha value is -3.11. The SMILES string of the molecule is CC(=O)NCCc1ccccc1OCC(O)CNC(C)(C)COc1ccc(N=NC(C)C)nn1. The average Bonchev–Trinajstić information content (AvgIpc) is 2.80. The van der Waals surface area contributed by atoms with Crippen LogP contribution in [-0.2, 0) is 11.2 Å². The highest BCUT2D eigenvalue weighted by molar-refractivity contribution is 5.72. The molecule has 1 atom stereocenters. The molecule has 0 bridgehead atoms. The van der Waals surface area contributed by atoms with Crippen molar-refractivity contribution in [3.63, 3.8) is 0 Å². The van der Waals surface area contributed by atoms with Crippen LogP contribution < -0.4 is 20.1 Å². The van der Waals surface area contributed by atoms with Gasteiger partial charge in [0, 0.05) is 31.6 Å². The lowest BCUT2D eigenvalue weighted by Gasteiger charge is -2.27. The van der Waals surface area contributed by atoms with Gasteiger partial charge in [-0.05, 0) is 51.8 Å². The van der Waals surface area contributed by atoms with Gasteiger partial charge in [-0.1, -0.05) is 18.2 Å². The number of carbonyl (C=O) groups is 1. The van der Waals surface area contributed by atoms with Gasteiger partial charge >= 0.3 is 0 Å². The number of azo groups is 1. The minimum Gasteiger partial charge on any atom is -0.491 e. The lowest BCUT2D eigenvalue weighted by Crippen LogP contribution is -2.48. The lowest BCUT2D eigenvalue weighted by molar-refractivity contribution is -0.118. The molecule has 2 rings (SSSR count). The Morgan fingerprint density at radius 3 is 2.59 bits per heavy atom. The van der Waals surface area contributed by atoms with E-state index in [1.54, 1.807) is 12.1 Å². The number of hydrogen-bond donors (Lipinski definition) is 3. The summed E-state index contributed by atoms with van der Waals surface area (Å²) in [4.78, 5) is 11.1. The van der Waals surface area contributed by atoms with Crippen molar-refractivity contribution in [2.45, 2.75) is 58.7 Å². The molecule has 0 radical (unpaired) electrons. The summed E-state index contributed by atoms with van der Waals surface area (Å²) in [6, 6.07) is 11.1. The first-order valence-corrected chi connectivity index (χ1v) is 11.4. The number of ether oxygens (including phenoxy) is 2. The van der Waals surface area contributed by atoms with E-state index in [0.717, 1.165) is 5.56 Å². The Kier molecular flexibility index (Phi) is 10.8. The summed E-state index contributed by atoms with van der Waals surface area (Å²) in [5.74, 6) is 1.45. The van der Waals surface area contributed by atoms with Crippen molar-refractivity contribution in [2.24, 2.45) is 10.2 Å². The van der Waals surface area contributed by atoms with E-state index in [9.17, 15) is 9.90 Å². The van der Waals surface area contributed by atoms with Gasteiger partial charge in [0.2, 0.25) is 11.8 Å². The first-order valence-electron chi connectivity index (χ1n) is 11.4. The molecule has 34 heavy (non-hydrogen) atoms. The number of carbonyl (C=O) groups excluding carboxylic acids is 1. The van der Waals surface area contributed by atoms with Crippen molar-refractivity contribution in [3.8, 4) is 11.6 Å². The molecule has 3 N–H and O–H groups in total. The van der Waals surface area contributed by atoms with Gasteiger partial charge in [-0.25, -0.2) is 0 Å². The highest BCUT2D eigenvalue weighted by atomic mass is 16.5. The highest BCUT2D eigenvalue weighted by Gasteiger charge is 2.20. The number of β-amino-alcohol motifs (C(OH)–C–C–N with tert-alkyl or cyclic N) is 1. The van der Waals surface area contributed by atoms with Gasteiger partial charge in [-0.2, -0.15) is 5.11 Å². The van der Waals surface area contributed by atoms with Gasteiger partial charge in [0.1, 0.15) is 25.1 Å². The molecule has 0 aliphatic carbocycles. The molecule has 0 aliphatic rings. The Balaban J connectivity index is 1.75. The number of aliphatic hydroxyl groups excluding tert-OH is 1. The molecular formula is C24H36N6O4. The molecule has 0 aliphatic heterocycles. The smallest absolute Gasteiger partial charge is 0.233 e. The summed E-state index contributed by atoms with van der Waals surface area (Å²) in [7, 11) is 0. The number of hydrogen-bond acceptors (Lipinski definition) is 9. The van der Waals surface area contributed by atoms with E-state index in [-0.39, 0.29) is 18.6 Å². The third-order valence-electron chi connectivity index (χ3n) is 4.59. The van der Waals surface area contributed by atoms with Crippen molar-refractivity contribution < 1.29 is 19.4 Å². The molecule has 1 aromatic heterocycles. The minimum atomic E-state index is -0.715. The van der Waals surface area contributed by atoms with Gasteiger partial charge in [-0.3, -0.25) is 4.79 Å². The van der Waals surface area contributed by atoms with E-state index in [4.69, 9.17) is 9.47 Å². The molecule has 1 heterocycles. The fourth-order valence-corrected chi connectivity index (χ4v) is 2.79. The number of aliphatic hydroxyl groups is 1. The zero-order valence-electron chi connectivity index (χ0n) is 20.6. The zero-order chi connectivity index (χ0) is 25.0. The van der Waals surface area contributed by atoms with E-state index in [1.165, 1.54) is 6.92 Å². The molecule has 2 aromatic rings. The van der Waals surface area contributed by atoms with Gasteiger partial charge in [0.05, 0.1) is 6.04 Å². The van der Waals surface area contributed by atoms with Crippen LogP contribution >= 0.6 is 0 Å². The van der Waals surface area contributed by atoms with Gasteiger partial charge in [0.15, 0.2) is 5.82 Å². The molecule has 186 valence electrons. The van der Waals surface area contributed by atoms with Crippen molar-refractivity contribution in [3.05, 3.63) is 42.0 Å². The third-order valence-corrected chi connectivity index (χ3v) is 4.59. The highest BCUT2D eigenvalue weighted by Crippen LogP contribution is 2.19. The fraction of sp³-hybridized carbons (Fsp3) is 0.542. The van der Waals surface area contributed by atoms with E-state index in [2.05, 4.69) is 31.1 Å². The van der Waals surface area contributed by atoms with Crippen molar-refractivity contribution in [1.82, 2.24) is 20.8 Å². The third kappa shape index (κ3) is 10.7.